The Balaban J connectivity index is 1.65. The molecule has 1 saturated carbocycles. The van der Waals surface area contributed by atoms with Gasteiger partial charge in [0.15, 0.2) is 5.78 Å². The van der Waals surface area contributed by atoms with E-state index in [0.717, 1.165) is 25.7 Å². The van der Waals surface area contributed by atoms with Gasteiger partial charge in [0.25, 0.3) is 0 Å². The van der Waals surface area contributed by atoms with Gasteiger partial charge in [-0.05, 0) is 58.3 Å². The third-order valence-corrected chi connectivity index (χ3v) is 4.45. The number of nitrogens with zero attached hydrogens (tertiary/aromatic N) is 1. The van der Waals surface area contributed by atoms with Crippen LogP contribution in [0.1, 0.15) is 52.9 Å². The second-order valence-electron chi connectivity index (χ2n) is 7.76. The molecule has 2 fully saturated rings. The van der Waals surface area contributed by atoms with Crippen molar-refractivity contribution < 1.29 is 19.1 Å². The molecule has 6 nitrogen and oxygen atoms in total. The minimum atomic E-state index is -0.471. The molecule has 1 aliphatic heterocycles. The molecule has 1 N–H and O–H groups in total. The highest BCUT2D eigenvalue weighted by atomic mass is 16.6. The first-order chi connectivity index (χ1) is 10.7. The lowest BCUT2D eigenvalue weighted by Gasteiger charge is -2.31. The van der Waals surface area contributed by atoms with Crippen molar-refractivity contribution in [2.75, 3.05) is 19.6 Å². The summed E-state index contributed by atoms with van der Waals surface area (Å²) >= 11 is 0. The van der Waals surface area contributed by atoms with Gasteiger partial charge in [-0.25, -0.2) is 4.79 Å². The molecule has 2 rings (SSSR count). The van der Waals surface area contributed by atoms with Crippen molar-refractivity contribution in [1.82, 2.24) is 10.2 Å². The number of hydrogen-bond donors (Lipinski definition) is 1. The van der Waals surface area contributed by atoms with E-state index in [1.165, 1.54) is 0 Å². The number of amides is 2. The first-order valence-corrected chi connectivity index (χ1v) is 8.49. The van der Waals surface area contributed by atoms with Crippen LogP contribution in [0.5, 0.6) is 0 Å². The highest BCUT2D eigenvalue weighted by molar-refractivity contribution is 6.05. The Kier molecular flexibility index (Phi) is 5.65. The molecule has 130 valence electrons. The molecule has 0 atom stereocenters. The molecular weight excluding hydrogens is 296 g/mol. The van der Waals surface area contributed by atoms with E-state index in [-0.39, 0.29) is 24.2 Å². The first kappa shape index (κ1) is 17.8. The molecule has 1 aliphatic carbocycles. The Morgan fingerprint density at radius 1 is 1.17 bits per heavy atom. The smallest absolute Gasteiger partial charge is 0.407 e. The third kappa shape index (κ3) is 5.84. The van der Waals surface area contributed by atoms with Gasteiger partial charge in [0.05, 0.1) is 13.0 Å². The Labute approximate surface area is 137 Å². The first-order valence-electron chi connectivity index (χ1n) is 8.49. The summed E-state index contributed by atoms with van der Waals surface area (Å²) in [7, 11) is 0. The van der Waals surface area contributed by atoms with Crippen LogP contribution in [0.4, 0.5) is 4.79 Å². The predicted octanol–water partition coefficient (Wildman–Crippen LogP) is 2.12. The molecule has 23 heavy (non-hydrogen) atoms. The maximum absolute atomic E-state index is 11.7. The van der Waals surface area contributed by atoms with Crippen molar-refractivity contribution in [2.45, 2.75) is 58.5 Å². The van der Waals surface area contributed by atoms with Crippen molar-refractivity contribution >= 4 is 17.8 Å². The monoisotopic (exact) mass is 324 g/mol. The number of Topliss-reactive ketones (excluding diaryl/α,β-unsaturated/α-hetero) is 1. The van der Waals surface area contributed by atoms with E-state index in [4.69, 9.17) is 4.74 Å². The van der Waals surface area contributed by atoms with Gasteiger partial charge in [0, 0.05) is 13.1 Å². The maximum atomic E-state index is 11.7. The molecule has 6 heteroatoms. The standard InChI is InChI=1S/C17H28N2O4/c1-17(2,3)23-16(22)18-9-12-4-6-13(7-5-12)10-19-11-14(20)8-15(19)21/h12-13H,4-11H2,1-3H3,(H,18,22). The van der Waals surface area contributed by atoms with E-state index in [1.807, 2.05) is 20.8 Å². The van der Waals surface area contributed by atoms with Crippen LogP contribution in [0.25, 0.3) is 0 Å². The van der Waals surface area contributed by atoms with Gasteiger partial charge < -0.3 is 15.0 Å². The summed E-state index contributed by atoms with van der Waals surface area (Å²) < 4.78 is 5.23. The molecule has 0 radical (unpaired) electrons. The predicted molar refractivity (Wildman–Crippen MR) is 85.9 cm³/mol. The van der Waals surface area contributed by atoms with Crippen LogP contribution in [0.3, 0.4) is 0 Å². The molecule has 0 aromatic carbocycles. The highest BCUT2D eigenvalue weighted by Gasteiger charge is 2.31. The average molecular weight is 324 g/mol. The normalized spacial score (nSPS) is 25.6. The van der Waals surface area contributed by atoms with E-state index in [0.29, 0.717) is 31.5 Å². The van der Waals surface area contributed by atoms with E-state index < -0.39 is 5.60 Å². The molecule has 1 heterocycles. The molecule has 0 bridgehead atoms. The molecule has 0 spiro atoms. The van der Waals surface area contributed by atoms with Gasteiger partial charge >= 0.3 is 6.09 Å². The quantitative estimate of drug-likeness (QED) is 0.804. The Morgan fingerprint density at radius 2 is 1.78 bits per heavy atom. The summed E-state index contributed by atoms with van der Waals surface area (Å²) in [5.74, 6) is 0.950. The fourth-order valence-corrected chi connectivity index (χ4v) is 3.28. The SMILES string of the molecule is CC(C)(C)OC(=O)NCC1CCC(CN2CC(=O)CC2=O)CC1. The summed E-state index contributed by atoms with van der Waals surface area (Å²) in [6.07, 6.45) is 3.88. The lowest BCUT2D eigenvalue weighted by molar-refractivity contribution is -0.128. The largest absolute Gasteiger partial charge is 0.444 e. The number of alkyl carbamates (subject to hydrolysis) is 1. The molecule has 2 amide bonds. The Hall–Kier alpha value is -1.59. The van der Waals surface area contributed by atoms with Gasteiger partial charge in [0.1, 0.15) is 5.60 Å². The maximum Gasteiger partial charge on any atom is 0.407 e. The summed E-state index contributed by atoms with van der Waals surface area (Å²) in [4.78, 5) is 36.3. The number of hydrogen-bond acceptors (Lipinski definition) is 4. The van der Waals surface area contributed by atoms with Gasteiger partial charge in [-0.2, -0.15) is 0 Å². The summed E-state index contributed by atoms with van der Waals surface area (Å²) in [6, 6.07) is 0. The molecule has 0 aromatic rings. The second kappa shape index (κ2) is 7.32. The van der Waals surface area contributed by atoms with Crippen LogP contribution in [-0.4, -0.2) is 47.9 Å². The fourth-order valence-electron chi connectivity index (χ4n) is 3.28. The van der Waals surface area contributed by atoms with Gasteiger partial charge in [-0.3, -0.25) is 9.59 Å². The van der Waals surface area contributed by atoms with E-state index in [1.54, 1.807) is 4.90 Å². The van der Waals surface area contributed by atoms with Crippen molar-refractivity contribution in [3.05, 3.63) is 0 Å². The molecule has 2 aliphatic rings. The van der Waals surface area contributed by atoms with E-state index >= 15 is 0 Å². The fraction of sp³-hybridized carbons (Fsp3) is 0.824. The van der Waals surface area contributed by atoms with Crippen LogP contribution in [0.2, 0.25) is 0 Å². The zero-order chi connectivity index (χ0) is 17.0. The highest BCUT2D eigenvalue weighted by Crippen LogP contribution is 2.29. The zero-order valence-electron chi connectivity index (χ0n) is 14.4. The minimum absolute atomic E-state index is 0.0243. The minimum Gasteiger partial charge on any atom is -0.444 e. The van der Waals surface area contributed by atoms with Crippen molar-refractivity contribution in [3.63, 3.8) is 0 Å². The third-order valence-electron chi connectivity index (χ3n) is 4.45. The number of likely N-dealkylation sites (tertiary alicyclic amines) is 1. The number of ether oxygens (including phenoxy) is 1. The van der Waals surface area contributed by atoms with Gasteiger partial charge in [-0.1, -0.05) is 0 Å². The number of rotatable bonds is 4. The number of nitrogens with one attached hydrogen (secondary N) is 1. The van der Waals surface area contributed by atoms with Crippen molar-refractivity contribution in [1.29, 1.82) is 0 Å². The zero-order valence-corrected chi connectivity index (χ0v) is 14.4. The van der Waals surface area contributed by atoms with Crippen LogP contribution in [0, 0.1) is 11.8 Å². The number of carbonyl (C=O) groups is 3. The molecular formula is C17H28N2O4. The average Bonchev–Trinajstić information content (AvgIpc) is 2.74. The van der Waals surface area contributed by atoms with Crippen LogP contribution >= 0.6 is 0 Å². The number of ketones is 1. The lowest BCUT2D eigenvalue weighted by Crippen LogP contribution is -2.37. The van der Waals surface area contributed by atoms with Crippen molar-refractivity contribution in [2.24, 2.45) is 11.8 Å². The van der Waals surface area contributed by atoms with E-state index in [9.17, 15) is 14.4 Å². The van der Waals surface area contributed by atoms with Crippen LogP contribution in [0.15, 0.2) is 0 Å². The Morgan fingerprint density at radius 3 is 2.30 bits per heavy atom. The van der Waals surface area contributed by atoms with E-state index in [2.05, 4.69) is 5.32 Å². The Bertz CT molecular complexity index is 462. The second-order valence-corrected chi connectivity index (χ2v) is 7.76. The summed E-state index contributed by atoms with van der Waals surface area (Å²) in [5, 5.41) is 2.84. The van der Waals surface area contributed by atoms with Crippen molar-refractivity contribution in [3.8, 4) is 0 Å². The summed E-state index contributed by atoms with van der Waals surface area (Å²) in [5.41, 5.74) is -0.471. The topological polar surface area (TPSA) is 75.7 Å². The van der Waals surface area contributed by atoms with Gasteiger partial charge in [0.2, 0.25) is 5.91 Å². The lowest BCUT2D eigenvalue weighted by atomic mass is 9.82. The van der Waals surface area contributed by atoms with Crippen LogP contribution in [-0.2, 0) is 14.3 Å². The van der Waals surface area contributed by atoms with Gasteiger partial charge in [-0.15, -0.1) is 0 Å². The molecule has 0 unspecified atom stereocenters. The van der Waals surface area contributed by atoms with Crippen LogP contribution < -0.4 is 5.32 Å². The molecule has 0 aromatic heterocycles. The summed E-state index contributed by atoms with van der Waals surface area (Å²) in [6.45, 7) is 7.19. The molecule has 1 saturated heterocycles. The number of carbonyl (C=O) groups excluding carboxylic acids is 3.